The molecule has 0 aliphatic rings. The van der Waals surface area contributed by atoms with Crippen LogP contribution >= 0.6 is 0 Å². The van der Waals surface area contributed by atoms with E-state index in [1.165, 1.54) is 148 Å². The zero-order chi connectivity index (χ0) is 54.3. The Morgan fingerprint density at radius 2 is 0.520 bits per heavy atom. The molecule has 0 bridgehead atoms. The number of hydrogen-bond donors (Lipinski definition) is 0. The van der Waals surface area contributed by atoms with Crippen LogP contribution in [0.1, 0.15) is 303 Å². The predicted molar refractivity (Wildman–Crippen MR) is 325 cm³/mol. The van der Waals surface area contributed by atoms with E-state index in [4.69, 9.17) is 14.2 Å². The topological polar surface area (TPSA) is 78.9 Å². The molecule has 0 radical (unpaired) electrons. The van der Waals surface area contributed by atoms with Crippen LogP contribution in [0.3, 0.4) is 0 Å². The Bertz CT molecular complexity index is 1480. The molecule has 0 amide bonds. The maximum atomic E-state index is 12.9. The van der Waals surface area contributed by atoms with Gasteiger partial charge in [0, 0.05) is 19.3 Å². The lowest BCUT2D eigenvalue weighted by molar-refractivity contribution is -0.167. The molecule has 0 heterocycles. The Balaban J connectivity index is 4.38. The van der Waals surface area contributed by atoms with Crippen LogP contribution in [-0.2, 0) is 28.6 Å². The van der Waals surface area contributed by atoms with Gasteiger partial charge in [-0.25, -0.2) is 0 Å². The first-order chi connectivity index (χ1) is 37.0. The normalized spacial score (nSPS) is 12.7. The summed E-state index contributed by atoms with van der Waals surface area (Å²) in [5, 5.41) is 0. The van der Waals surface area contributed by atoms with E-state index in [-0.39, 0.29) is 31.1 Å². The molecule has 0 saturated heterocycles. The molecule has 1 atom stereocenters. The number of allylic oxidation sites excluding steroid dienone is 16. The van der Waals surface area contributed by atoms with Crippen molar-refractivity contribution < 1.29 is 28.6 Å². The fourth-order valence-corrected chi connectivity index (χ4v) is 8.83. The second-order valence-electron chi connectivity index (χ2n) is 20.9. The summed E-state index contributed by atoms with van der Waals surface area (Å²) in [5.41, 5.74) is 0. The summed E-state index contributed by atoms with van der Waals surface area (Å²) in [6.07, 6.45) is 84.1. The number of carbonyl (C=O) groups is 3. The quantitative estimate of drug-likeness (QED) is 0.0261. The summed E-state index contributed by atoms with van der Waals surface area (Å²) in [5.74, 6) is -0.923. The molecule has 0 aliphatic heterocycles. The molecular weight excluding hydrogens is 925 g/mol. The molecule has 0 aliphatic carbocycles. The van der Waals surface area contributed by atoms with Gasteiger partial charge in [-0.1, -0.05) is 279 Å². The van der Waals surface area contributed by atoms with Crippen LogP contribution in [0.5, 0.6) is 0 Å². The number of hydrogen-bond acceptors (Lipinski definition) is 6. The van der Waals surface area contributed by atoms with E-state index in [1.54, 1.807) is 0 Å². The minimum atomic E-state index is -0.795. The summed E-state index contributed by atoms with van der Waals surface area (Å²) in [7, 11) is 0. The molecule has 0 fully saturated rings. The molecule has 0 rings (SSSR count). The van der Waals surface area contributed by atoms with Gasteiger partial charge in [-0.3, -0.25) is 14.4 Å². The Morgan fingerprint density at radius 1 is 0.280 bits per heavy atom. The molecule has 0 saturated carbocycles. The number of esters is 3. The highest BCUT2D eigenvalue weighted by Crippen LogP contribution is 2.16. The number of ether oxygens (including phenoxy) is 3. The van der Waals surface area contributed by atoms with Crippen LogP contribution in [0.25, 0.3) is 0 Å². The van der Waals surface area contributed by atoms with Crippen LogP contribution in [-0.4, -0.2) is 37.2 Å². The largest absolute Gasteiger partial charge is 0.462 e. The van der Waals surface area contributed by atoms with Crippen molar-refractivity contribution in [3.05, 3.63) is 97.2 Å². The van der Waals surface area contributed by atoms with Gasteiger partial charge in [-0.05, 0) is 103 Å². The van der Waals surface area contributed by atoms with Gasteiger partial charge < -0.3 is 14.2 Å². The van der Waals surface area contributed by atoms with Crippen molar-refractivity contribution in [2.45, 2.75) is 309 Å². The first kappa shape index (κ1) is 71.3. The van der Waals surface area contributed by atoms with E-state index in [0.717, 1.165) is 116 Å². The van der Waals surface area contributed by atoms with Crippen LogP contribution < -0.4 is 0 Å². The van der Waals surface area contributed by atoms with Gasteiger partial charge in [-0.2, -0.15) is 0 Å². The van der Waals surface area contributed by atoms with E-state index in [0.29, 0.717) is 19.3 Å². The lowest BCUT2D eigenvalue weighted by atomic mass is 10.0. The van der Waals surface area contributed by atoms with Crippen molar-refractivity contribution in [3.8, 4) is 0 Å². The monoisotopic (exact) mass is 1040 g/mol. The highest BCUT2D eigenvalue weighted by Gasteiger charge is 2.19. The summed E-state index contributed by atoms with van der Waals surface area (Å²) in [6, 6.07) is 0. The minimum Gasteiger partial charge on any atom is -0.462 e. The van der Waals surface area contributed by atoms with E-state index in [1.807, 2.05) is 0 Å². The first-order valence-electron chi connectivity index (χ1n) is 31.7. The third-order valence-corrected chi connectivity index (χ3v) is 13.6. The summed E-state index contributed by atoms with van der Waals surface area (Å²) < 4.78 is 16.9. The van der Waals surface area contributed by atoms with Crippen LogP contribution in [0.15, 0.2) is 97.2 Å². The first-order valence-corrected chi connectivity index (χ1v) is 31.7. The average Bonchev–Trinajstić information content (AvgIpc) is 3.41. The zero-order valence-electron chi connectivity index (χ0n) is 49.3. The summed E-state index contributed by atoms with van der Waals surface area (Å²) in [6.45, 7) is 6.50. The molecule has 1 unspecified atom stereocenters. The molecule has 0 aromatic carbocycles. The van der Waals surface area contributed by atoms with Crippen LogP contribution in [0.4, 0.5) is 0 Å². The lowest BCUT2D eigenvalue weighted by Gasteiger charge is -2.18. The molecule has 0 spiro atoms. The Hall–Kier alpha value is -3.67. The van der Waals surface area contributed by atoms with E-state index >= 15 is 0 Å². The third-order valence-electron chi connectivity index (χ3n) is 13.6. The predicted octanol–water partition coefficient (Wildman–Crippen LogP) is 21.7. The number of unbranched alkanes of at least 4 members (excludes halogenated alkanes) is 30. The second-order valence-corrected chi connectivity index (χ2v) is 20.9. The van der Waals surface area contributed by atoms with Crippen molar-refractivity contribution >= 4 is 17.9 Å². The van der Waals surface area contributed by atoms with Crippen molar-refractivity contribution in [1.29, 1.82) is 0 Å². The molecule has 0 N–H and O–H groups in total. The van der Waals surface area contributed by atoms with Crippen LogP contribution in [0.2, 0.25) is 0 Å². The van der Waals surface area contributed by atoms with Gasteiger partial charge in [-0.15, -0.1) is 0 Å². The Morgan fingerprint density at radius 3 is 0.867 bits per heavy atom. The molecule has 0 aromatic heterocycles. The van der Waals surface area contributed by atoms with E-state index in [2.05, 4.69) is 118 Å². The van der Waals surface area contributed by atoms with Crippen molar-refractivity contribution in [2.24, 2.45) is 0 Å². The maximum Gasteiger partial charge on any atom is 0.306 e. The van der Waals surface area contributed by atoms with Gasteiger partial charge in [0.1, 0.15) is 13.2 Å². The standard InChI is InChI=1S/C69H118O6/c1-4-7-10-13-16-19-22-25-27-29-31-33-34-35-36-37-39-40-42-44-47-50-53-56-59-62-68(71)74-65-66(64-73-67(70)61-58-55-52-49-46-24-21-18-15-12-9-6-3)75-69(72)63-60-57-54-51-48-45-43-41-38-32-30-28-26-23-20-17-14-11-8-5-2/h7,10,16,18-19,21,25,27,31,33,35-36,39-40,44,47,66H,4-6,8-9,11-15,17,20,22-24,26,28-30,32,34,37-38,41-43,45-46,48-65H2,1-3H3/b10-7-,19-16-,21-18-,27-25-,33-31-,36-35-,40-39-,47-44-. The maximum absolute atomic E-state index is 12.9. The smallest absolute Gasteiger partial charge is 0.306 e. The highest BCUT2D eigenvalue weighted by atomic mass is 16.6. The molecule has 6 heteroatoms. The Kier molecular flexibility index (Phi) is 59.8. The van der Waals surface area contributed by atoms with Crippen molar-refractivity contribution in [2.75, 3.05) is 13.2 Å². The van der Waals surface area contributed by atoms with Crippen LogP contribution in [0, 0.1) is 0 Å². The number of carbonyl (C=O) groups excluding carboxylic acids is 3. The summed E-state index contributed by atoms with van der Waals surface area (Å²) >= 11 is 0. The van der Waals surface area contributed by atoms with Gasteiger partial charge in [0.2, 0.25) is 0 Å². The molecular formula is C69H118O6. The van der Waals surface area contributed by atoms with Crippen molar-refractivity contribution in [3.63, 3.8) is 0 Å². The fraction of sp³-hybridized carbons (Fsp3) is 0.725. The molecule has 6 nitrogen and oxygen atoms in total. The SMILES string of the molecule is CC/C=C\C/C=C\C/C=C\C/C=C\C/C=C\C/C=C\C/C=C\CCCCCC(=O)OCC(COC(=O)CCCCCCC/C=C\CCCCC)OC(=O)CCCCCCCCCCCCCCCCCCCCCC. The van der Waals surface area contributed by atoms with Gasteiger partial charge in [0.15, 0.2) is 6.10 Å². The fourth-order valence-electron chi connectivity index (χ4n) is 8.83. The highest BCUT2D eigenvalue weighted by molar-refractivity contribution is 5.71. The van der Waals surface area contributed by atoms with Gasteiger partial charge in [0.05, 0.1) is 0 Å². The van der Waals surface area contributed by atoms with Crippen molar-refractivity contribution in [1.82, 2.24) is 0 Å². The average molecular weight is 1040 g/mol. The number of rotatable bonds is 57. The second kappa shape index (κ2) is 62.9. The molecule has 430 valence electrons. The molecule has 0 aromatic rings. The van der Waals surface area contributed by atoms with Gasteiger partial charge >= 0.3 is 17.9 Å². The Labute approximate surface area is 464 Å². The van der Waals surface area contributed by atoms with Gasteiger partial charge in [0.25, 0.3) is 0 Å². The van der Waals surface area contributed by atoms with E-state index < -0.39 is 6.10 Å². The minimum absolute atomic E-state index is 0.0907. The van der Waals surface area contributed by atoms with E-state index in [9.17, 15) is 14.4 Å². The molecule has 75 heavy (non-hydrogen) atoms. The lowest BCUT2D eigenvalue weighted by Crippen LogP contribution is -2.30. The summed E-state index contributed by atoms with van der Waals surface area (Å²) in [4.78, 5) is 38.3. The third kappa shape index (κ3) is 61.1. The zero-order valence-corrected chi connectivity index (χ0v) is 49.3.